The molecule has 0 aliphatic carbocycles. The van der Waals surface area contributed by atoms with Gasteiger partial charge in [-0.25, -0.2) is 8.78 Å². The highest BCUT2D eigenvalue weighted by atomic mass is 19.2. The monoisotopic (exact) mass is 331 g/mol. The van der Waals surface area contributed by atoms with Gasteiger partial charge in [0.15, 0.2) is 11.6 Å². The Morgan fingerprint density at radius 3 is 2.67 bits per heavy atom. The third-order valence-electron chi connectivity index (χ3n) is 3.84. The van der Waals surface area contributed by atoms with Gasteiger partial charge in [0.05, 0.1) is 17.7 Å². The average Bonchev–Trinajstić information content (AvgIpc) is 3.00. The zero-order valence-corrected chi connectivity index (χ0v) is 12.8. The molecule has 0 radical (unpaired) electrons. The van der Waals surface area contributed by atoms with Crippen LogP contribution < -0.4 is 5.32 Å². The summed E-state index contributed by atoms with van der Waals surface area (Å²) >= 11 is 0. The molecule has 2 N–H and O–H groups in total. The lowest BCUT2D eigenvalue weighted by Crippen LogP contribution is -2.37. The number of hydrogen-bond donors (Lipinski definition) is 2. The normalized spacial score (nSPS) is 13.7. The molecule has 124 valence electrons. The van der Waals surface area contributed by atoms with E-state index in [1.54, 1.807) is 31.2 Å². The highest BCUT2D eigenvalue weighted by Gasteiger charge is 2.22. The number of halogens is 2. The number of rotatable bonds is 4. The van der Waals surface area contributed by atoms with Crippen LogP contribution in [0, 0.1) is 11.6 Å². The molecule has 0 saturated carbocycles. The second-order valence-corrected chi connectivity index (χ2v) is 5.53. The maximum atomic E-state index is 13.3. The van der Waals surface area contributed by atoms with Crippen molar-refractivity contribution in [1.29, 1.82) is 0 Å². The molecule has 24 heavy (non-hydrogen) atoms. The van der Waals surface area contributed by atoms with Crippen LogP contribution in [-0.4, -0.2) is 17.1 Å². The van der Waals surface area contributed by atoms with E-state index in [1.807, 2.05) is 0 Å². The Bertz CT molecular complexity index is 891. The van der Waals surface area contributed by atoms with Crippen molar-refractivity contribution in [3.8, 4) is 0 Å². The standard InChI is InChI=1S/C18H15F2NO3/c1-10(17(22)11-6-7-14(19)15(20)8-11)21-18(23)13-9-24-16-5-3-2-4-12(13)16/h2-10,17,22H,1H3,(H,21,23). The van der Waals surface area contributed by atoms with Gasteiger partial charge in [-0.3, -0.25) is 4.79 Å². The summed E-state index contributed by atoms with van der Waals surface area (Å²) in [5, 5.41) is 13.5. The van der Waals surface area contributed by atoms with Gasteiger partial charge in [0, 0.05) is 5.39 Å². The van der Waals surface area contributed by atoms with Gasteiger partial charge >= 0.3 is 0 Å². The molecule has 3 aromatic rings. The Hall–Kier alpha value is -2.73. The Labute approximate surface area is 136 Å². The summed E-state index contributed by atoms with van der Waals surface area (Å²) in [6.45, 7) is 1.58. The third kappa shape index (κ3) is 3.00. The van der Waals surface area contributed by atoms with Gasteiger partial charge in [0.2, 0.25) is 0 Å². The van der Waals surface area contributed by atoms with Crippen molar-refractivity contribution in [2.24, 2.45) is 0 Å². The van der Waals surface area contributed by atoms with E-state index < -0.39 is 29.7 Å². The largest absolute Gasteiger partial charge is 0.463 e. The number of aliphatic hydroxyl groups excluding tert-OH is 1. The summed E-state index contributed by atoms with van der Waals surface area (Å²) in [5.74, 6) is -2.47. The van der Waals surface area contributed by atoms with Crippen molar-refractivity contribution in [3.63, 3.8) is 0 Å². The number of hydrogen-bond acceptors (Lipinski definition) is 3. The molecule has 0 aliphatic heterocycles. The minimum atomic E-state index is -1.18. The SMILES string of the molecule is CC(NC(=O)c1coc2ccccc12)C(O)c1ccc(F)c(F)c1. The highest BCUT2D eigenvalue weighted by molar-refractivity contribution is 6.05. The molecule has 2 unspecified atom stereocenters. The predicted molar refractivity (Wildman–Crippen MR) is 84.5 cm³/mol. The summed E-state index contributed by atoms with van der Waals surface area (Å²) in [5.41, 5.74) is 1.10. The fourth-order valence-corrected chi connectivity index (χ4v) is 2.50. The smallest absolute Gasteiger partial charge is 0.255 e. The van der Waals surface area contributed by atoms with Gasteiger partial charge in [-0.15, -0.1) is 0 Å². The molecule has 1 heterocycles. The van der Waals surface area contributed by atoms with Crippen LogP contribution in [0.5, 0.6) is 0 Å². The van der Waals surface area contributed by atoms with Gasteiger partial charge in [0.25, 0.3) is 5.91 Å². The van der Waals surface area contributed by atoms with Crippen LogP contribution in [0.3, 0.4) is 0 Å². The quantitative estimate of drug-likeness (QED) is 0.768. The minimum Gasteiger partial charge on any atom is -0.463 e. The van der Waals surface area contributed by atoms with Gasteiger partial charge in [-0.1, -0.05) is 24.3 Å². The van der Waals surface area contributed by atoms with Crippen LogP contribution >= 0.6 is 0 Å². The lowest BCUT2D eigenvalue weighted by molar-refractivity contribution is 0.0852. The number of furan rings is 1. The molecule has 0 fully saturated rings. The number of para-hydroxylation sites is 1. The van der Waals surface area contributed by atoms with Crippen LogP contribution in [0.1, 0.15) is 28.9 Å². The second kappa shape index (κ2) is 6.41. The second-order valence-electron chi connectivity index (χ2n) is 5.53. The Balaban J connectivity index is 1.77. The molecule has 6 heteroatoms. The molecule has 2 aromatic carbocycles. The maximum absolute atomic E-state index is 13.3. The predicted octanol–water partition coefficient (Wildman–Crippen LogP) is 3.56. The van der Waals surface area contributed by atoms with E-state index in [9.17, 15) is 18.7 Å². The minimum absolute atomic E-state index is 0.179. The number of carbonyl (C=O) groups is 1. The van der Waals surface area contributed by atoms with Crippen molar-refractivity contribution >= 4 is 16.9 Å². The van der Waals surface area contributed by atoms with Crippen molar-refractivity contribution in [3.05, 3.63) is 71.5 Å². The number of carbonyl (C=O) groups excluding carboxylic acids is 1. The first-order chi connectivity index (χ1) is 11.5. The lowest BCUT2D eigenvalue weighted by Gasteiger charge is -2.20. The van der Waals surface area contributed by atoms with Gasteiger partial charge in [-0.2, -0.15) is 0 Å². The van der Waals surface area contributed by atoms with Crippen LogP contribution in [-0.2, 0) is 0 Å². The summed E-state index contributed by atoms with van der Waals surface area (Å²) in [6.07, 6.45) is 0.165. The molecule has 0 saturated heterocycles. The van der Waals surface area contributed by atoms with E-state index in [0.29, 0.717) is 16.5 Å². The van der Waals surface area contributed by atoms with Gasteiger partial charge in [-0.05, 0) is 30.7 Å². The highest BCUT2D eigenvalue weighted by Crippen LogP contribution is 2.22. The van der Waals surface area contributed by atoms with Crippen molar-refractivity contribution in [2.45, 2.75) is 19.1 Å². The van der Waals surface area contributed by atoms with E-state index in [-0.39, 0.29) is 5.56 Å². The zero-order valence-electron chi connectivity index (χ0n) is 12.8. The van der Waals surface area contributed by atoms with E-state index in [0.717, 1.165) is 12.1 Å². The molecule has 1 aromatic heterocycles. The topological polar surface area (TPSA) is 62.5 Å². The first-order valence-corrected chi connectivity index (χ1v) is 7.37. The molecular weight excluding hydrogens is 316 g/mol. The fraction of sp³-hybridized carbons (Fsp3) is 0.167. The van der Waals surface area contributed by atoms with E-state index in [1.165, 1.54) is 12.3 Å². The number of nitrogens with one attached hydrogen (secondary N) is 1. The molecule has 0 aliphatic rings. The van der Waals surface area contributed by atoms with Crippen LogP contribution in [0.4, 0.5) is 8.78 Å². The molecule has 3 rings (SSSR count). The van der Waals surface area contributed by atoms with Gasteiger partial charge in [0.1, 0.15) is 11.8 Å². The summed E-state index contributed by atoms with van der Waals surface area (Å²) < 4.78 is 31.6. The summed E-state index contributed by atoms with van der Waals surface area (Å²) in [7, 11) is 0. The Morgan fingerprint density at radius 2 is 1.92 bits per heavy atom. The molecule has 0 spiro atoms. The van der Waals surface area contributed by atoms with Crippen LogP contribution in [0.15, 0.2) is 53.1 Å². The van der Waals surface area contributed by atoms with Gasteiger partial charge < -0.3 is 14.8 Å². The van der Waals surface area contributed by atoms with Crippen LogP contribution in [0.2, 0.25) is 0 Å². The molecule has 1 amide bonds. The number of aliphatic hydroxyl groups is 1. The first-order valence-electron chi connectivity index (χ1n) is 7.37. The third-order valence-corrected chi connectivity index (χ3v) is 3.84. The summed E-state index contributed by atoms with van der Waals surface area (Å²) in [6, 6.07) is 9.49. The maximum Gasteiger partial charge on any atom is 0.255 e. The fourth-order valence-electron chi connectivity index (χ4n) is 2.50. The van der Waals surface area contributed by atoms with Crippen molar-refractivity contribution in [2.75, 3.05) is 0 Å². The van der Waals surface area contributed by atoms with E-state index >= 15 is 0 Å². The number of fused-ring (bicyclic) bond motifs is 1. The number of amides is 1. The van der Waals surface area contributed by atoms with Crippen molar-refractivity contribution in [1.82, 2.24) is 5.32 Å². The average molecular weight is 331 g/mol. The van der Waals surface area contributed by atoms with E-state index in [2.05, 4.69) is 5.32 Å². The lowest BCUT2D eigenvalue weighted by atomic mass is 10.0. The Morgan fingerprint density at radius 1 is 1.17 bits per heavy atom. The first kappa shape index (κ1) is 16.1. The van der Waals surface area contributed by atoms with Crippen LogP contribution in [0.25, 0.3) is 11.0 Å². The van der Waals surface area contributed by atoms with Crippen molar-refractivity contribution < 1.29 is 23.1 Å². The molecular formula is C18H15F2NO3. The summed E-state index contributed by atoms with van der Waals surface area (Å²) in [4.78, 5) is 12.4. The Kier molecular flexibility index (Phi) is 4.31. The molecule has 0 bridgehead atoms. The molecule has 4 nitrogen and oxygen atoms in total. The molecule has 2 atom stereocenters. The van der Waals surface area contributed by atoms with E-state index in [4.69, 9.17) is 4.42 Å². The number of benzene rings is 2. The zero-order chi connectivity index (χ0) is 17.3.